The van der Waals surface area contributed by atoms with E-state index >= 15 is 0 Å². The molecule has 1 aromatic heterocycles. The molecule has 1 fully saturated rings. The first-order valence-electron chi connectivity index (χ1n) is 7.26. The molecule has 128 valence electrons. The number of halogens is 3. The molecule has 0 bridgehead atoms. The van der Waals surface area contributed by atoms with Crippen molar-refractivity contribution in [2.24, 2.45) is 5.92 Å². The number of hydrogen-bond acceptors (Lipinski definition) is 3. The van der Waals surface area contributed by atoms with Crippen LogP contribution in [0.1, 0.15) is 38.3 Å². The third-order valence-electron chi connectivity index (χ3n) is 4.17. The lowest BCUT2D eigenvalue weighted by Gasteiger charge is -2.39. The van der Waals surface area contributed by atoms with Gasteiger partial charge in [0.2, 0.25) is 5.91 Å². The van der Waals surface area contributed by atoms with Crippen LogP contribution in [0.2, 0.25) is 0 Å². The first-order valence-corrected chi connectivity index (χ1v) is 7.26. The molecule has 9 heteroatoms. The summed E-state index contributed by atoms with van der Waals surface area (Å²) in [5.41, 5.74) is -1.97. The van der Waals surface area contributed by atoms with Gasteiger partial charge in [0, 0.05) is 6.20 Å². The predicted octanol–water partition coefficient (Wildman–Crippen LogP) is 2.05. The van der Waals surface area contributed by atoms with Crippen molar-refractivity contribution < 1.29 is 27.9 Å². The normalized spacial score (nSPS) is 25.1. The Balaban J connectivity index is 2.03. The Kier molecular flexibility index (Phi) is 4.67. The fourth-order valence-corrected chi connectivity index (χ4v) is 2.99. The van der Waals surface area contributed by atoms with Gasteiger partial charge in [0.1, 0.15) is 6.54 Å². The van der Waals surface area contributed by atoms with Crippen molar-refractivity contribution in [2.45, 2.75) is 50.9 Å². The van der Waals surface area contributed by atoms with Gasteiger partial charge in [-0.05, 0) is 25.8 Å². The Morgan fingerprint density at radius 3 is 2.74 bits per heavy atom. The summed E-state index contributed by atoms with van der Waals surface area (Å²) >= 11 is 0. The Morgan fingerprint density at radius 2 is 2.17 bits per heavy atom. The summed E-state index contributed by atoms with van der Waals surface area (Å²) in [5.74, 6) is -2.24. The zero-order valence-electron chi connectivity index (χ0n) is 12.6. The van der Waals surface area contributed by atoms with Crippen molar-refractivity contribution in [3.05, 3.63) is 18.0 Å². The molecule has 0 saturated heterocycles. The van der Waals surface area contributed by atoms with Crippen LogP contribution < -0.4 is 5.32 Å². The van der Waals surface area contributed by atoms with Gasteiger partial charge in [0.25, 0.3) is 0 Å². The SMILES string of the molecule is CC1(NC(=O)Cn2ccc(C(F)(F)F)n2)CCCCC1C(=O)O. The van der Waals surface area contributed by atoms with Crippen molar-refractivity contribution in [1.82, 2.24) is 15.1 Å². The van der Waals surface area contributed by atoms with E-state index in [0.717, 1.165) is 29.8 Å². The first-order chi connectivity index (χ1) is 10.6. The second-order valence-electron chi connectivity index (χ2n) is 6.00. The molecule has 2 unspecified atom stereocenters. The number of amides is 1. The summed E-state index contributed by atoms with van der Waals surface area (Å²) in [5, 5.41) is 15.2. The highest BCUT2D eigenvalue weighted by atomic mass is 19.4. The Morgan fingerprint density at radius 1 is 1.48 bits per heavy atom. The van der Waals surface area contributed by atoms with Crippen LogP contribution >= 0.6 is 0 Å². The number of carboxylic acid groups (broad SMARTS) is 1. The minimum Gasteiger partial charge on any atom is -0.481 e. The largest absolute Gasteiger partial charge is 0.481 e. The minimum absolute atomic E-state index is 0.391. The number of carbonyl (C=O) groups excluding carboxylic acids is 1. The maximum absolute atomic E-state index is 12.5. The third kappa shape index (κ3) is 4.02. The molecule has 1 aliphatic rings. The highest BCUT2D eigenvalue weighted by Crippen LogP contribution is 2.34. The van der Waals surface area contributed by atoms with E-state index in [4.69, 9.17) is 0 Å². The van der Waals surface area contributed by atoms with Crippen LogP contribution in [0.3, 0.4) is 0 Å². The maximum atomic E-state index is 12.5. The molecule has 0 aromatic carbocycles. The smallest absolute Gasteiger partial charge is 0.435 e. The lowest BCUT2D eigenvalue weighted by atomic mass is 9.74. The number of alkyl halides is 3. The second kappa shape index (κ2) is 6.21. The summed E-state index contributed by atoms with van der Waals surface area (Å²) in [6.07, 6.45) is -0.947. The van der Waals surface area contributed by atoms with E-state index in [1.165, 1.54) is 0 Å². The quantitative estimate of drug-likeness (QED) is 0.883. The van der Waals surface area contributed by atoms with Crippen molar-refractivity contribution in [2.75, 3.05) is 0 Å². The number of nitrogens with zero attached hydrogens (tertiary/aromatic N) is 2. The molecule has 0 spiro atoms. The average molecular weight is 333 g/mol. The van der Waals surface area contributed by atoms with Crippen molar-refractivity contribution >= 4 is 11.9 Å². The van der Waals surface area contributed by atoms with Crippen LogP contribution in [0.15, 0.2) is 12.3 Å². The molecule has 1 heterocycles. The van der Waals surface area contributed by atoms with E-state index < -0.39 is 41.7 Å². The molecule has 6 nitrogen and oxygen atoms in total. The van der Waals surface area contributed by atoms with Crippen LogP contribution in [0.5, 0.6) is 0 Å². The summed E-state index contributed by atoms with van der Waals surface area (Å²) in [6, 6.07) is 0.787. The number of rotatable bonds is 4. The molecule has 23 heavy (non-hydrogen) atoms. The standard InChI is InChI=1S/C14H18F3N3O3/c1-13(6-3-2-4-9(13)12(22)23)18-11(21)8-20-7-5-10(19-20)14(15,16)17/h5,7,9H,2-4,6,8H2,1H3,(H,18,21)(H,22,23). The summed E-state index contributed by atoms with van der Waals surface area (Å²) in [7, 11) is 0. The van der Waals surface area contributed by atoms with Gasteiger partial charge in [-0.15, -0.1) is 0 Å². The van der Waals surface area contributed by atoms with Gasteiger partial charge in [-0.2, -0.15) is 18.3 Å². The number of nitrogens with one attached hydrogen (secondary N) is 1. The van der Waals surface area contributed by atoms with Crippen LogP contribution in [0.4, 0.5) is 13.2 Å². The monoisotopic (exact) mass is 333 g/mol. The summed E-state index contributed by atoms with van der Waals surface area (Å²) in [6.45, 7) is 1.27. The van der Waals surface area contributed by atoms with Crippen molar-refractivity contribution in [3.63, 3.8) is 0 Å². The van der Waals surface area contributed by atoms with Crippen LogP contribution in [0, 0.1) is 5.92 Å². The highest BCUT2D eigenvalue weighted by molar-refractivity contribution is 5.79. The van der Waals surface area contributed by atoms with Gasteiger partial charge in [0.15, 0.2) is 5.69 Å². The number of hydrogen-bond donors (Lipinski definition) is 2. The molecule has 2 rings (SSSR count). The second-order valence-corrected chi connectivity index (χ2v) is 6.00. The van der Waals surface area contributed by atoms with Gasteiger partial charge in [-0.3, -0.25) is 14.3 Å². The van der Waals surface area contributed by atoms with Crippen LogP contribution in [-0.2, 0) is 22.3 Å². The molecule has 2 atom stereocenters. The van der Waals surface area contributed by atoms with Gasteiger partial charge in [0.05, 0.1) is 11.5 Å². The van der Waals surface area contributed by atoms with E-state index in [1.54, 1.807) is 6.92 Å². The van der Waals surface area contributed by atoms with Gasteiger partial charge >= 0.3 is 12.1 Å². The minimum atomic E-state index is -4.56. The van der Waals surface area contributed by atoms with Crippen LogP contribution in [-0.4, -0.2) is 32.3 Å². The average Bonchev–Trinajstić information content (AvgIpc) is 2.86. The number of aromatic nitrogens is 2. The fraction of sp³-hybridized carbons (Fsp3) is 0.643. The molecule has 0 aliphatic heterocycles. The first kappa shape index (κ1) is 17.3. The summed E-state index contributed by atoms with van der Waals surface area (Å²) in [4.78, 5) is 23.4. The van der Waals surface area contributed by atoms with E-state index in [1.807, 2.05) is 0 Å². The Bertz CT molecular complexity index is 600. The number of aliphatic carboxylic acids is 1. The van der Waals surface area contributed by atoms with Crippen molar-refractivity contribution in [1.29, 1.82) is 0 Å². The fourth-order valence-electron chi connectivity index (χ4n) is 2.99. The lowest BCUT2D eigenvalue weighted by molar-refractivity contribution is -0.147. The van der Waals surface area contributed by atoms with Gasteiger partial charge < -0.3 is 10.4 Å². The molecule has 1 aromatic rings. The topological polar surface area (TPSA) is 84.2 Å². The summed E-state index contributed by atoms with van der Waals surface area (Å²) < 4.78 is 38.3. The zero-order valence-corrected chi connectivity index (χ0v) is 12.6. The molecule has 0 radical (unpaired) electrons. The highest BCUT2D eigenvalue weighted by Gasteiger charge is 2.42. The Hall–Kier alpha value is -2.06. The number of carboxylic acids is 1. The van der Waals surface area contributed by atoms with Crippen molar-refractivity contribution in [3.8, 4) is 0 Å². The molecular formula is C14H18F3N3O3. The predicted molar refractivity (Wildman–Crippen MR) is 73.4 cm³/mol. The molecule has 2 N–H and O–H groups in total. The van der Waals surface area contributed by atoms with Gasteiger partial charge in [-0.25, -0.2) is 0 Å². The zero-order chi connectivity index (χ0) is 17.3. The number of carbonyl (C=O) groups is 2. The maximum Gasteiger partial charge on any atom is 0.435 e. The molecule has 1 amide bonds. The van der Waals surface area contributed by atoms with E-state index in [-0.39, 0.29) is 0 Å². The molecule has 1 saturated carbocycles. The Labute approximate surface area is 130 Å². The van der Waals surface area contributed by atoms with E-state index in [9.17, 15) is 27.9 Å². The van der Waals surface area contributed by atoms with Gasteiger partial charge in [-0.1, -0.05) is 12.8 Å². The molecular weight excluding hydrogens is 315 g/mol. The van der Waals surface area contributed by atoms with E-state index in [0.29, 0.717) is 12.8 Å². The van der Waals surface area contributed by atoms with E-state index in [2.05, 4.69) is 10.4 Å². The third-order valence-corrected chi connectivity index (χ3v) is 4.17. The molecule has 1 aliphatic carbocycles. The lowest BCUT2D eigenvalue weighted by Crippen LogP contribution is -2.56. The van der Waals surface area contributed by atoms with Crippen LogP contribution in [0.25, 0.3) is 0 Å².